The zero-order valence-electron chi connectivity index (χ0n) is 27.3. The molecule has 2 aromatic heterocycles. The lowest BCUT2D eigenvalue weighted by atomic mass is 10.1. The first-order valence-electron chi connectivity index (χ1n) is 14.1. The summed E-state index contributed by atoms with van der Waals surface area (Å²) in [7, 11) is -6.49. The van der Waals surface area contributed by atoms with Gasteiger partial charge in [0.05, 0.1) is 49.4 Å². The van der Waals surface area contributed by atoms with Crippen LogP contribution in [0.15, 0.2) is 70.7 Å². The standard InChI is InChI=1S/C16H15ClF3N3O4S.C14H10ClF3N2O4S/c1-9-4-5-11(7-12(9)16(18,19)20)28(25,26)22-13-6-10(17)8-21-14(13)15(24)23(2)27-3;1-7-2-3-9(5-10(7)14(16,17)18)25(23,24)20-11-4-8(15)6-19-12(11)13(21)22/h4-8,22H,1-3H3;2-6,20H,1H3,(H,21,22). The molecule has 0 fully saturated rings. The van der Waals surface area contributed by atoms with Crippen LogP contribution in [-0.4, -0.2) is 63.0 Å². The smallest absolute Gasteiger partial charge is 0.416 e. The van der Waals surface area contributed by atoms with Gasteiger partial charge in [0.25, 0.3) is 26.0 Å². The van der Waals surface area contributed by atoms with Crippen LogP contribution in [0.1, 0.15) is 43.2 Å². The zero-order valence-corrected chi connectivity index (χ0v) is 30.4. The number of aromatic carboxylic acids is 1. The quantitative estimate of drug-likeness (QED) is 0.117. The van der Waals surface area contributed by atoms with E-state index in [1.54, 1.807) is 0 Å². The molecule has 53 heavy (non-hydrogen) atoms. The molecule has 0 saturated heterocycles. The average Bonchev–Trinajstić information content (AvgIpc) is 3.03. The number of aryl methyl sites for hydroxylation is 2. The molecular weight excluding hydrogens is 807 g/mol. The molecule has 0 bridgehead atoms. The number of hydrogen-bond donors (Lipinski definition) is 3. The summed E-state index contributed by atoms with van der Waals surface area (Å²) >= 11 is 11.5. The largest absolute Gasteiger partial charge is 0.476 e. The Bertz CT molecular complexity index is 2280. The van der Waals surface area contributed by atoms with Crippen LogP contribution >= 0.6 is 23.2 Å². The number of hydroxylamine groups is 2. The Morgan fingerprint density at radius 3 is 1.47 bits per heavy atom. The lowest BCUT2D eigenvalue weighted by Crippen LogP contribution is -2.28. The van der Waals surface area contributed by atoms with E-state index in [9.17, 15) is 52.8 Å². The number of aromatic nitrogens is 2. The minimum absolute atomic E-state index is 0.00852. The predicted molar refractivity (Wildman–Crippen MR) is 179 cm³/mol. The molecule has 286 valence electrons. The molecular formula is C30H25Cl2F6N5O8S2. The molecule has 13 nitrogen and oxygen atoms in total. The molecule has 0 aliphatic heterocycles. The SMILES string of the molecule is CON(C)C(=O)c1ncc(Cl)cc1NS(=O)(=O)c1ccc(C)c(C(F)(F)F)c1.Cc1ccc(S(=O)(=O)Nc2cc(Cl)cnc2C(=O)O)cc1C(F)(F)F. The van der Waals surface area contributed by atoms with E-state index < -0.39 is 76.6 Å². The van der Waals surface area contributed by atoms with Crippen LogP contribution in [0.25, 0.3) is 0 Å². The Balaban J connectivity index is 0.000000287. The average molecular weight is 833 g/mol. The van der Waals surface area contributed by atoms with Crippen molar-refractivity contribution in [1.82, 2.24) is 15.0 Å². The summed E-state index contributed by atoms with van der Waals surface area (Å²) in [5.74, 6) is -2.33. The summed E-state index contributed by atoms with van der Waals surface area (Å²) in [6.07, 6.45) is -7.35. The van der Waals surface area contributed by atoms with Crippen molar-refractivity contribution in [2.24, 2.45) is 0 Å². The highest BCUT2D eigenvalue weighted by atomic mass is 35.5. The summed E-state index contributed by atoms with van der Waals surface area (Å²) in [6.45, 7) is 2.40. The van der Waals surface area contributed by atoms with Gasteiger partial charge in [-0.15, -0.1) is 0 Å². The summed E-state index contributed by atoms with van der Waals surface area (Å²) in [6, 6.07) is 7.13. The number of amides is 1. The van der Waals surface area contributed by atoms with Gasteiger partial charge in [-0.3, -0.25) is 19.1 Å². The van der Waals surface area contributed by atoms with Crippen LogP contribution in [-0.2, 0) is 37.2 Å². The van der Waals surface area contributed by atoms with Crippen molar-refractivity contribution in [2.45, 2.75) is 36.0 Å². The molecule has 4 aromatic rings. The van der Waals surface area contributed by atoms with Crippen molar-refractivity contribution in [1.29, 1.82) is 0 Å². The van der Waals surface area contributed by atoms with Gasteiger partial charge >= 0.3 is 18.3 Å². The maximum absolute atomic E-state index is 13.1. The number of nitrogens with zero attached hydrogens (tertiary/aromatic N) is 3. The predicted octanol–water partition coefficient (Wildman–Crippen LogP) is 7.06. The number of benzene rings is 2. The van der Waals surface area contributed by atoms with E-state index in [1.165, 1.54) is 28.0 Å². The number of hydrogen-bond acceptors (Lipinski definition) is 9. The molecule has 2 aromatic carbocycles. The summed E-state index contributed by atoms with van der Waals surface area (Å²) in [4.78, 5) is 34.1. The van der Waals surface area contributed by atoms with Crippen molar-refractivity contribution >= 4 is 66.5 Å². The Morgan fingerprint density at radius 1 is 0.736 bits per heavy atom. The van der Waals surface area contributed by atoms with Crippen LogP contribution in [0.4, 0.5) is 37.7 Å². The Morgan fingerprint density at radius 2 is 1.11 bits per heavy atom. The van der Waals surface area contributed by atoms with Crippen molar-refractivity contribution in [3.63, 3.8) is 0 Å². The fourth-order valence-corrected chi connectivity index (χ4v) is 6.64. The minimum Gasteiger partial charge on any atom is -0.476 e. The summed E-state index contributed by atoms with van der Waals surface area (Å²) in [5.41, 5.74) is -4.25. The molecule has 0 aliphatic rings. The Hall–Kier alpha value is -4.70. The first-order chi connectivity index (χ1) is 24.3. The molecule has 0 radical (unpaired) electrons. The number of carboxylic acid groups (broad SMARTS) is 1. The molecule has 4 rings (SSSR count). The first kappa shape index (κ1) is 42.7. The van der Waals surface area contributed by atoms with Gasteiger partial charge in [0.2, 0.25) is 0 Å². The van der Waals surface area contributed by atoms with Gasteiger partial charge in [-0.05, 0) is 61.4 Å². The van der Waals surface area contributed by atoms with Gasteiger partial charge in [0.1, 0.15) is 0 Å². The lowest BCUT2D eigenvalue weighted by molar-refractivity contribution is -0.139. The molecule has 0 saturated carbocycles. The Kier molecular flexibility index (Phi) is 13.0. The van der Waals surface area contributed by atoms with Crippen LogP contribution in [0.5, 0.6) is 0 Å². The van der Waals surface area contributed by atoms with Gasteiger partial charge < -0.3 is 5.11 Å². The number of carbonyl (C=O) groups is 2. The molecule has 1 amide bonds. The number of carbonyl (C=O) groups excluding carboxylic acids is 1. The van der Waals surface area contributed by atoms with E-state index in [4.69, 9.17) is 33.1 Å². The lowest BCUT2D eigenvalue weighted by Gasteiger charge is -2.17. The van der Waals surface area contributed by atoms with Gasteiger partial charge in [-0.2, -0.15) is 26.3 Å². The first-order valence-corrected chi connectivity index (χ1v) is 17.8. The third-order valence-corrected chi connectivity index (χ3v) is 9.95. The molecule has 0 aliphatic carbocycles. The highest BCUT2D eigenvalue weighted by Crippen LogP contribution is 2.35. The molecule has 0 atom stereocenters. The van der Waals surface area contributed by atoms with Crippen LogP contribution < -0.4 is 9.44 Å². The highest BCUT2D eigenvalue weighted by molar-refractivity contribution is 7.93. The van der Waals surface area contributed by atoms with Crippen LogP contribution in [0, 0.1) is 13.8 Å². The van der Waals surface area contributed by atoms with E-state index in [0.717, 1.165) is 53.9 Å². The summed E-state index contributed by atoms with van der Waals surface area (Å²) < 4.78 is 132. The second-order valence-electron chi connectivity index (χ2n) is 10.5. The van der Waals surface area contributed by atoms with Gasteiger partial charge in [-0.25, -0.2) is 36.7 Å². The van der Waals surface area contributed by atoms with E-state index in [2.05, 4.69) is 14.7 Å². The third-order valence-electron chi connectivity index (χ3n) is 6.81. The molecule has 2 heterocycles. The maximum Gasteiger partial charge on any atom is 0.416 e. The van der Waals surface area contributed by atoms with Gasteiger partial charge in [0.15, 0.2) is 11.4 Å². The molecule has 23 heteroatoms. The summed E-state index contributed by atoms with van der Waals surface area (Å²) in [5, 5.41) is 9.77. The third kappa shape index (κ3) is 10.7. The fraction of sp³-hybridized carbons (Fsp3) is 0.200. The second-order valence-corrected chi connectivity index (χ2v) is 14.8. The number of halogens is 8. The molecule has 3 N–H and O–H groups in total. The number of pyridine rings is 2. The van der Waals surface area contributed by atoms with Gasteiger partial charge in [0, 0.05) is 19.4 Å². The molecule has 0 unspecified atom stereocenters. The number of rotatable bonds is 9. The van der Waals surface area contributed by atoms with Gasteiger partial charge in [-0.1, -0.05) is 35.3 Å². The zero-order chi connectivity index (χ0) is 40.3. The van der Waals surface area contributed by atoms with E-state index in [1.807, 2.05) is 4.72 Å². The normalized spacial score (nSPS) is 12.0. The second kappa shape index (κ2) is 16.1. The fourth-order valence-electron chi connectivity index (χ4n) is 4.16. The topological polar surface area (TPSA) is 185 Å². The van der Waals surface area contributed by atoms with Crippen molar-refractivity contribution in [3.8, 4) is 0 Å². The maximum atomic E-state index is 13.1. The molecule has 0 spiro atoms. The minimum atomic E-state index is -4.74. The van der Waals surface area contributed by atoms with Crippen LogP contribution in [0.2, 0.25) is 10.0 Å². The van der Waals surface area contributed by atoms with Crippen LogP contribution in [0.3, 0.4) is 0 Å². The van der Waals surface area contributed by atoms with Crippen molar-refractivity contribution < 1.29 is 62.7 Å². The highest BCUT2D eigenvalue weighted by Gasteiger charge is 2.35. The van der Waals surface area contributed by atoms with E-state index in [-0.39, 0.29) is 32.6 Å². The number of anilines is 2. The monoisotopic (exact) mass is 831 g/mol. The van der Waals surface area contributed by atoms with Crippen molar-refractivity contribution in [3.05, 3.63) is 105 Å². The van der Waals surface area contributed by atoms with E-state index in [0.29, 0.717) is 12.1 Å². The number of alkyl halides is 6. The number of sulfonamides is 2. The number of carboxylic acids is 1. The van der Waals surface area contributed by atoms with Crippen molar-refractivity contribution in [2.75, 3.05) is 23.6 Å². The number of nitrogens with one attached hydrogen (secondary N) is 2. The van der Waals surface area contributed by atoms with E-state index >= 15 is 0 Å². The Labute approximate surface area is 307 Å².